The lowest BCUT2D eigenvalue weighted by Crippen LogP contribution is -2.30. The maximum absolute atomic E-state index is 11.7. The molecule has 0 radical (unpaired) electrons. The molecule has 1 aliphatic carbocycles. The van der Waals surface area contributed by atoms with Gasteiger partial charge in [-0.3, -0.25) is 4.79 Å². The van der Waals surface area contributed by atoms with Crippen molar-refractivity contribution in [2.45, 2.75) is 39.7 Å². The fraction of sp³-hybridized carbons (Fsp3) is 0.500. The molecule has 1 aromatic carbocycles. The molecule has 0 aromatic heterocycles. The number of hydrogen-bond acceptors (Lipinski definition) is 1. The van der Waals surface area contributed by atoms with Gasteiger partial charge in [-0.2, -0.15) is 0 Å². The molecule has 0 saturated heterocycles. The van der Waals surface area contributed by atoms with Crippen LogP contribution in [0.2, 0.25) is 0 Å². The monoisotopic (exact) mass is 217 g/mol. The Labute approximate surface area is 97.1 Å². The van der Waals surface area contributed by atoms with Gasteiger partial charge in [-0.05, 0) is 36.5 Å². The van der Waals surface area contributed by atoms with E-state index >= 15 is 0 Å². The Morgan fingerprint density at radius 1 is 1.44 bits per heavy atom. The number of rotatable bonds is 2. The van der Waals surface area contributed by atoms with Gasteiger partial charge in [0.2, 0.25) is 5.91 Å². The third-order valence-corrected chi connectivity index (χ3v) is 3.35. The molecule has 2 rings (SSSR count). The zero-order valence-electron chi connectivity index (χ0n) is 10.2. The summed E-state index contributed by atoms with van der Waals surface area (Å²) in [7, 11) is 0. The van der Waals surface area contributed by atoms with Crippen molar-refractivity contribution < 1.29 is 4.79 Å². The SMILES string of the molecule is Cc1cccc2c1CCC2NC(=O)C(C)C. The molecule has 0 fully saturated rings. The summed E-state index contributed by atoms with van der Waals surface area (Å²) >= 11 is 0. The van der Waals surface area contributed by atoms with E-state index in [9.17, 15) is 4.79 Å². The summed E-state index contributed by atoms with van der Waals surface area (Å²) in [5.41, 5.74) is 4.09. The van der Waals surface area contributed by atoms with Crippen LogP contribution in [-0.2, 0) is 11.2 Å². The van der Waals surface area contributed by atoms with Gasteiger partial charge in [-0.25, -0.2) is 0 Å². The molecule has 0 heterocycles. The van der Waals surface area contributed by atoms with Crippen LogP contribution in [0.3, 0.4) is 0 Å². The van der Waals surface area contributed by atoms with Gasteiger partial charge in [0.25, 0.3) is 0 Å². The van der Waals surface area contributed by atoms with Crippen molar-refractivity contribution in [2.75, 3.05) is 0 Å². The lowest BCUT2D eigenvalue weighted by molar-refractivity contribution is -0.124. The Balaban J connectivity index is 2.18. The molecule has 2 nitrogen and oxygen atoms in total. The Morgan fingerprint density at radius 3 is 2.88 bits per heavy atom. The molecular formula is C14H19NO. The Morgan fingerprint density at radius 2 is 2.19 bits per heavy atom. The number of aryl methyl sites for hydroxylation is 1. The van der Waals surface area contributed by atoms with E-state index in [-0.39, 0.29) is 17.9 Å². The summed E-state index contributed by atoms with van der Waals surface area (Å²) in [6, 6.07) is 6.59. The second-order valence-corrected chi connectivity index (χ2v) is 4.90. The smallest absolute Gasteiger partial charge is 0.223 e. The average molecular weight is 217 g/mol. The first-order valence-electron chi connectivity index (χ1n) is 5.98. The van der Waals surface area contributed by atoms with Crippen molar-refractivity contribution in [1.82, 2.24) is 5.32 Å². The van der Waals surface area contributed by atoms with Gasteiger partial charge >= 0.3 is 0 Å². The fourth-order valence-corrected chi connectivity index (χ4v) is 2.33. The topological polar surface area (TPSA) is 29.1 Å². The van der Waals surface area contributed by atoms with Crippen LogP contribution in [0.4, 0.5) is 0 Å². The molecule has 0 saturated carbocycles. The van der Waals surface area contributed by atoms with Crippen LogP contribution in [0.5, 0.6) is 0 Å². The van der Waals surface area contributed by atoms with Crippen LogP contribution in [0.15, 0.2) is 18.2 Å². The lowest BCUT2D eigenvalue weighted by atomic mass is 10.0. The van der Waals surface area contributed by atoms with Crippen LogP contribution in [0, 0.1) is 12.8 Å². The molecule has 1 aromatic rings. The minimum atomic E-state index is 0.0638. The largest absolute Gasteiger partial charge is 0.349 e. The summed E-state index contributed by atoms with van der Waals surface area (Å²) in [5, 5.41) is 3.12. The number of carbonyl (C=O) groups excluding carboxylic acids is 1. The van der Waals surface area contributed by atoms with Crippen molar-refractivity contribution >= 4 is 5.91 Å². The zero-order valence-corrected chi connectivity index (χ0v) is 10.2. The van der Waals surface area contributed by atoms with Crippen LogP contribution < -0.4 is 5.32 Å². The number of amides is 1. The number of nitrogens with one attached hydrogen (secondary N) is 1. The first-order valence-corrected chi connectivity index (χ1v) is 5.98. The molecular weight excluding hydrogens is 198 g/mol. The standard InChI is InChI=1S/C14H19NO/c1-9(2)14(16)15-13-8-7-11-10(3)5-4-6-12(11)13/h4-6,9,13H,7-8H2,1-3H3,(H,15,16). The van der Waals surface area contributed by atoms with Crippen molar-refractivity contribution in [3.63, 3.8) is 0 Å². The van der Waals surface area contributed by atoms with Gasteiger partial charge in [0.05, 0.1) is 6.04 Å². The van der Waals surface area contributed by atoms with Crippen LogP contribution in [0.25, 0.3) is 0 Å². The molecule has 0 bridgehead atoms. The summed E-state index contributed by atoms with van der Waals surface area (Å²) in [5.74, 6) is 0.216. The van der Waals surface area contributed by atoms with Crippen LogP contribution in [-0.4, -0.2) is 5.91 Å². The maximum Gasteiger partial charge on any atom is 0.223 e. The molecule has 0 aliphatic heterocycles. The molecule has 16 heavy (non-hydrogen) atoms. The van der Waals surface area contributed by atoms with Gasteiger partial charge in [0.15, 0.2) is 0 Å². The highest BCUT2D eigenvalue weighted by molar-refractivity contribution is 5.78. The molecule has 1 amide bonds. The van der Waals surface area contributed by atoms with Gasteiger partial charge in [0.1, 0.15) is 0 Å². The second-order valence-electron chi connectivity index (χ2n) is 4.90. The van der Waals surface area contributed by atoms with E-state index in [0.29, 0.717) is 0 Å². The Hall–Kier alpha value is -1.31. The number of fused-ring (bicyclic) bond motifs is 1. The molecule has 1 N–H and O–H groups in total. The van der Waals surface area contributed by atoms with E-state index in [1.54, 1.807) is 0 Å². The minimum absolute atomic E-state index is 0.0638. The van der Waals surface area contributed by atoms with Crippen molar-refractivity contribution in [3.8, 4) is 0 Å². The first-order chi connectivity index (χ1) is 7.59. The highest BCUT2D eigenvalue weighted by Crippen LogP contribution is 2.33. The third kappa shape index (κ3) is 1.97. The van der Waals surface area contributed by atoms with E-state index in [2.05, 4.69) is 30.4 Å². The predicted octanol–water partition coefficient (Wildman–Crippen LogP) is 2.75. The minimum Gasteiger partial charge on any atom is -0.349 e. The Kier molecular flexibility index (Phi) is 2.99. The summed E-state index contributed by atoms with van der Waals surface area (Å²) in [4.78, 5) is 11.7. The van der Waals surface area contributed by atoms with E-state index < -0.39 is 0 Å². The first kappa shape index (κ1) is 11.2. The lowest BCUT2D eigenvalue weighted by Gasteiger charge is -2.16. The molecule has 86 valence electrons. The molecule has 1 aliphatic rings. The van der Waals surface area contributed by atoms with Gasteiger partial charge in [-0.1, -0.05) is 32.0 Å². The number of hydrogen-bond donors (Lipinski definition) is 1. The van der Waals surface area contributed by atoms with Crippen molar-refractivity contribution in [2.24, 2.45) is 5.92 Å². The maximum atomic E-state index is 11.7. The Bertz CT molecular complexity index is 409. The normalized spacial score (nSPS) is 18.6. The molecule has 1 atom stereocenters. The van der Waals surface area contributed by atoms with E-state index in [1.807, 2.05) is 13.8 Å². The summed E-state index contributed by atoms with van der Waals surface area (Å²) < 4.78 is 0. The van der Waals surface area contributed by atoms with Crippen molar-refractivity contribution in [1.29, 1.82) is 0 Å². The van der Waals surface area contributed by atoms with E-state index in [4.69, 9.17) is 0 Å². The highest BCUT2D eigenvalue weighted by atomic mass is 16.1. The zero-order chi connectivity index (χ0) is 11.7. The molecule has 2 heteroatoms. The quantitative estimate of drug-likeness (QED) is 0.811. The summed E-state index contributed by atoms with van der Waals surface area (Å²) in [6.07, 6.45) is 2.13. The summed E-state index contributed by atoms with van der Waals surface area (Å²) in [6.45, 7) is 6.01. The highest BCUT2D eigenvalue weighted by Gasteiger charge is 2.25. The predicted molar refractivity (Wildman–Crippen MR) is 65.2 cm³/mol. The van der Waals surface area contributed by atoms with Gasteiger partial charge < -0.3 is 5.32 Å². The number of carbonyl (C=O) groups is 1. The third-order valence-electron chi connectivity index (χ3n) is 3.35. The fourth-order valence-electron chi connectivity index (χ4n) is 2.33. The second kappa shape index (κ2) is 4.28. The molecule has 1 unspecified atom stereocenters. The van der Waals surface area contributed by atoms with E-state index in [1.165, 1.54) is 16.7 Å². The van der Waals surface area contributed by atoms with Gasteiger partial charge in [0, 0.05) is 5.92 Å². The van der Waals surface area contributed by atoms with Crippen molar-refractivity contribution in [3.05, 3.63) is 34.9 Å². The van der Waals surface area contributed by atoms with Crippen LogP contribution in [0.1, 0.15) is 43.0 Å². The average Bonchev–Trinajstić information content (AvgIpc) is 2.63. The van der Waals surface area contributed by atoms with Crippen LogP contribution >= 0.6 is 0 Å². The van der Waals surface area contributed by atoms with E-state index in [0.717, 1.165) is 12.8 Å². The number of benzene rings is 1. The molecule has 0 spiro atoms. The van der Waals surface area contributed by atoms with Gasteiger partial charge in [-0.15, -0.1) is 0 Å².